The van der Waals surface area contributed by atoms with Gasteiger partial charge in [-0.25, -0.2) is 0 Å². The highest BCUT2D eigenvalue weighted by atomic mass is 16.2. The second kappa shape index (κ2) is 5.74. The van der Waals surface area contributed by atoms with Crippen LogP contribution in [0.15, 0.2) is 0 Å². The van der Waals surface area contributed by atoms with Gasteiger partial charge in [0, 0.05) is 6.54 Å². The van der Waals surface area contributed by atoms with E-state index in [4.69, 9.17) is 0 Å². The molecule has 114 valence electrons. The summed E-state index contributed by atoms with van der Waals surface area (Å²) in [7, 11) is 0. The predicted octanol–water partition coefficient (Wildman–Crippen LogP) is 2.33. The monoisotopic (exact) mass is 280 g/mol. The molecular weight excluding hydrogens is 252 g/mol. The van der Waals surface area contributed by atoms with Crippen LogP contribution in [-0.4, -0.2) is 34.8 Å². The van der Waals surface area contributed by atoms with E-state index in [2.05, 4.69) is 12.2 Å². The molecule has 4 nitrogen and oxygen atoms in total. The summed E-state index contributed by atoms with van der Waals surface area (Å²) in [4.78, 5) is 26.9. The van der Waals surface area contributed by atoms with E-state index in [1.807, 2.05) is 25.7 Å². The van der Waals surface area contributed by atoms with Crippen molar-refractivity contribution in [2.75, 3.05) is 6.54 Å². The van der Waals surface area contributed by atoms with E-state index in [1.54, 1.807) is 0 Å². The van der Waals surface area contributed by atoms with Gasteiger partial charge in [-0.2, -0.15) is 0 Å². The number of rotatable bonds is 4. The van der Waals surface area contributed by atoms with Crippen LogP contribution in [0.25, 0.3) is 0 Å². The van der Waals surface area contributed by atoms with Crippen molar-refractivity contribution in [2.45, 2.75) is 71.4 Å². The van der Waals surface area contributed by atoms with E-state index >= 15 is 0 Å². The van der Waals surface area contributed by atoms with E-state index in [-0.39, 0.29) is 17.9 Å². The van der Waals surface area contributed by atoms with E-state index in [9.17, 15) is 9.59 Å². The van der Waals surface area contributed by atoms with Crippen LogP contribution < -0.4 is 5.32 Å². The minimum Gasteiger partial charge on any atom is -0.340 e. The summed E-state index contributed by atoms with van der Waals surface area (Å²) >= 11 is 0. The van der Waals surface area contributed by atoms with Gasteiger partial charge < -0.3 is 10.2 Å². The number of nitrogens with one attached hydrogen (secondary N) is 1. The molecule has 20 heavy (non-hydrogen) atoms. The first-order valence-corrected chi connectivity index (χ1v) is 8.06. The van der Waals surface area contributed by atoms with Gasteiger partial charge in [-0.05, 0) is 44.4 Å². The van der Waals surface area contributed by atoms with Gasteiger partial charge in [-0.3, -0.25) is 9.59 Å². The SMILES string of the molecule is CCC1(CC)NC(=O)C(C)N(CC2CCC(C)C2)C1=O. The minimum atomic E-state index is -0.673. The highest BCUT2D eigenvalue weighted by Crippen LogP contribution is 2.33. The first kappa shape index (κ1) is 15.3. The number of hydrogen-bond donors (Lipinski definition) is 1. The van der Waals surface area contributed by atoms with Crippen molar-refractivity contribution in [3.05, 3.63) is 0 Å². The van der Waals surface area contributed by atoms with Gasteiger partial charge in [-0.15, -0.1) is 0 Å². The molecule has 3 atom stereocenters. The zero-order valence-electron chi connectivity index (χ0n) is 13.2. The molecule has 1 saturated heterocycles. The second-order valence-corrected chi connectivity index (χ2v) is 6.70. The number of carbonyl (C=O) groups is 2. The molecule has 3 unspecified atom stereocenters. The van der Waals surface area contributed by atoms with E-state index in [0.717, 1.165) is 12.5 Å². The molecular formula is C16H28N2O2. The van der Waals surface area contributed by atoms with Crippen LogP contribution in [0, 0.1) is 11.8 Å². The minimum absolute atomic E-state index is 0.000606. The van der Waals surface area contributed by atoms with Gasteiger partial charge in [0.2, 0.25) is 11.8 Å². The maximum Gasteiger partial charge on any atom is 0.248 e. The molecule has 0 aromatic rings. The lowest BCUT2D eigenvalue weighted by Crippen LogP contribution is -2.69. The van der Waals surface area contributed by atoms with Crippen molar-refractivity contribution >= 4 is 11.8 Å². The Morgan fingerprint density at radius 3 is 2.35 bits per heavy atom. The molecule has 1 aliphatic carbocycles. The zero-order valence-corrected chi connectivity index (χ0v) is 13.2. The summed E-state index contributed by atoms with van der Waals surface area (Å²) in [6.07, 6.45) is 4.95. The molecule has 1 aliphatic heterocycles. The summed E-state index contributed by atoms with van der Waals surface area (Å²) in [5.74, 6) is 1.44. The van der Waals surface area contributed by atoms with Gasteiger partial charge >= 0.3 is 0 Å². The predicted molar refractivity (Wildman–Crippen MR) is 79.1 cm³/mol. The largest absolute Gasteiger partial charge is 0.340 e. The van der Waals surface area contributed by atoms with Gasteiger partial charge in [0.15, 0.2) is 0 Å². The molecule has 2 aliphatic rings. The number of nitrogens with zero attached hydrogens (tertiary/aromatic N) is 1. The van der Waals surface area contributed by atoms with E-state index < -0.39 is 5.54 Å². The van der Waals surface area contributed by atoms with Crippen LogP contribution in [0.1, 0.15) is 59.8 Å². The maximum absolute atomic E-state index is 12.8. The Hall–Kier alpha value is -1.06. The van der Waals surface area contributed by atoms with Crippen LogP contribution in [0.4, 0.5) is 0 Å². The molecule has 1 saturated carbocycles. The summed E-state index contributed by atoms with van der Waals surface area (Å²) < 4.78 is 0. The molecule has 2 amide bonds. The normalized spacial score (nSPS) is 33.4. The Balaban J connectivity index is 2.16. The van der Waals surface area contributed by atoms with Crippen molar-refractivity contribution in [1.82, 2.24) is 10.2 Å². The van der Waals surface area contributed by atoms with Crippen LogP contribution >= 0.6 is 0 Å². The van der Waals surface area contributed by atoms with Crippen LogP contribution in [0.2, 0.25) is 0 Å². The van der Waals surface area contributed by atoms with Crippen molar-refractivity contribution in [1.29, 1.82) is 0 Å². The summed E-state index contributed by atoms with van der Waals surface area (Å²) in [5, 5.41) is 2.96. The average Bonchev–Trinajstić information content (AvgIpc) is 2.84. The molecule has 4 heteroatoms. The molecule has 2 rings (SSSR count). The van der Waals surface area contributed by atoms with Gasteiger partial charge in [-0.1, -0.05) is 27.2 Å². The topological polar surface area (TPSA) is 49.4 Å². The average molecular weight is 280 g/mol. The molecule has 0 spiro atoms. The van der Waals surface area contributed by atoms with Crippen molar-refractivity contribution in [3.8, 4) is 0 Å². The summed E-state index contributed by atoms with van der Waals surface area (Å²) in [6, 6.07) is -0.329. The Morgan fingerprint density at radius 1 is 1.20 bits per heavy atom. The lowest BCUT2D eigenvalue weighted by atomic mass is 9.86. The Kier molecular flexibility index (Phi) is 4.40. The number of piperazine rings is 1. The quantitative estimate of drug-likeness (QED) is 0.859. The molecule has 2 fully saturated rings. The number of amides is 2. The van der Waals surface area contributed by atoms with Gasteiger partial charge in [0.05, 0.1) is 0 Å². The molecule has 0 bridgehead atoms. The third-order valence-electron chi connectivity index (χ3n) is 5.35. The fourth-order valence-corrected chi connectivity index (χ4v) is 3.73. The Bertz CT molecular complexity index is 390. The lowest BCUT2D eigenvalue weighted by molar-refractivity contribution is -0.155. The highest BCUT2D eigenvalue weighted by Gasteiger charge is 2.47. The highest BCUT2D eigenvalue weighted by molar-refractivity contribution is 5.99. The van der Waals surface area contributed by atoms with E-state index in [1.165, 1.54) is 19.3 Å². The van der Waals surface area contributed by atoms with Crippen LogP contribution in [0.5, 0.6) is 0 Å². The third-order valence-corrected chi connectivity index (χ3v) is 5.35. The second-order valence-electron chi connectivity index (χ2n) is 6.70. The molecule has 1 N–H and O–H groups in total. The Labute approximate surface area is 122 Å². The van der Waals surface area contributed by atoms with Crippen molar-refractivity contribution in [3.63, 3.8) is 0 Å². The molecule has 0 aromatic heterocycles. The lowest BCUT2D eigenvalue weighted by Gasteiger charge is -2.45. The van der Waals surface area contributed by atoms with Gasteiger partial charge in [0.25, 0.3) is 0 Å². The molecule has 1 heterocycles. The first-order chi connectivity index (χ1) is 9.43. The summed E-state index contributed by atoms with van der Waals surface area (Å²) in [6.45, 7) is 8.83. The van der Waals surface area contributed by atoms with Crippen LogP contribution in [-0.2, 0) is 9.59 Å². The Morgan fingerprint density at radius 2 is 1.85 bits per heavy atom. The molecule has 0 aromatic carbocycles. The summed E-state index contributed by atoms with van der Waals surface area (Å²) in [5.41, 5.74) is -0.673. The van der Waals surface area contributed by atoms with Crippen molar-refractivity contribution < 1.29 is 9.59 Å². The van der Waals surface area contributed by atoms with Gasteiger partial charge in [0.1, 0.15) is 11.6 Å². The van der Waals surface area contributed by atoms with Crippen LogP contribution in [0.3, 0.4) is 0 Å². The fourth-order valence-electron chi connectivity index (χ4n) is 3.73. The molecule has 0 radical (unpaired) electrons. The smallest absolute Gasteiger partial charge is 0.248 e. The standard InChI is InChI=1S/C16H28N2O2/c1-5-16(6-2)15(20)18(12(4)14(19)17-16)10-13-8-7-11(3)9-13/h11-13H,5-10H2,1-4H3,(H,17,19). The van der Waals surface area contributed by atoms with Crippen molar-refractivity contribution in [2.24, 2.45) is 11.8 Å². The number of hydrogen-bond acceptors (Lipinski definition) is 2. The maximum atomic E-state index is 12.8. The number of carbonyl (C=O) groups excluding carboxylic acids is 2. The third kappa shape index (κ3) is 2.57. The zero-order chi connectivity index (χ0) is 14.9. The fraction of sp³-hybridized carbons (Fsp3) is 0.875. The first-order valence-electron chi connectivity index (χ1n) is 8.06. The van der Waals surface area contributed by atoms with E-state index in [0.29, 0.717) is 18.8 Å².